The summed E-state index contributed by atoms with van der Waals surface area (Å²) in [6.07, 6.45) is 0. The van der Waals surface area contributed by atoms with E-state index in [4.69, 9.17) is 0 Å². The van der Waals surface area contributed by atoms with Crippen molar-refractivity contribution in [1.29, 1.82) is 0 Å². The largest absolute Gasteiger partial charge is 0.310 e. The van der Waals surface area contributed by atoms with Crippen LogP contribution in [0.1, 0.15) is 5.48 Å². The highest BCUT2D eigenvalue weighted by molar-refractivity contribution is 6.15. The van der Waals surface area contributed by atoms with Crippen LogP contribution in [0.5, 0.6) is 0 Å². The first-order valence-electron chi connectivity index (χ1n) is 19.9. The van der Waals surface area contributed by atoms with Gasteiger partial charge in [0.15, 0.2) is 0 Å². The third kappa shape index (κ3) is 5.51. The Labute approximate surface area is 315 Å². The molecule has 0 bridgehead atoms. The van der Waals surface area contributed by atoms with E-state index in [0.29, 0.717) is 5.56 Å². The van der Waals surface area contributed by atoms with Gasteiger partial charge in [0.05, 0.1) is 11.2 Å². The van der Waals surface area contributed by atoms with Gasteiger partial charge in [0.25, 0.3) is 0 Å². The molecule has 0 heterocycles. The van der Waals surface area contributed by atoms with E-state index >= 15 is 0 Å². The predicted molar refractivity (Wildman–Crippen MR) is 227 cm³/mol. The zero-order valence-electron chi connectivity index (χ0n) is 32.8. The molecule has 0 aromatic heterocycles. The van der Waals surface area contributed by atoms with Gasteiger partial charge in [-0.1, -0.05) is 170 Å². The fourth-order valence-electron chi connectivity index (χ4n) is 7.73. The van der Waals surface area contributed by atoms with Crippen molar-refractivity contribution in [2.45, 2.75) is 0 Å². The van der Waals surface area contributed by atoms with Gasteiger partial charge in [0.1, 0.15) is 0 Å². The van der Waals surface area contributed by atoms with E-state index in [1.807, 2.05) is 102 Å². The highest BCUT2D eigenvalue weighted by Crippen LogP contribution is 2.43. The molecular formula is C52H35N. The Hall–Kier alpha value is -6.96. The second-order valence-electron chi connectivity index (χ2n) is 13.4. The van der Waals surface area contributed by atoms with Crippen molar-refractivity contribution in [3.05, 3.63) is 212 Å². The minimum atomic E-state index is -0.111. The molecule has 0 N–H and O–H groups in total. The summed E-state index contributed by atoms with van der Waals surface area (Å²) in [6.45, 7) is 0. The Morgan fingerprint density at radius 3 is 1.45 bits per heavy atom. The fourth-order valence-corrected chi connectivity index (χ4v) is 7.73. The molecule has 53 heavy (non-hydrogen) atoms. The lowest BCUT2D eigenvalue weighted by molar-refractivity contribution is 1.30. The zero-order valence-corrected chi connectivity index (χ0v) is 28.8. The molecule has 0 saturated heterocycles. The second kappa shape index (κ2) is 13.0. The number of hydrogen-bond acceptors (Lipinski definition) is 1. The lowest BCUT2D eigenvalue weighted by atomic mass is 9.93. The molecule has 0 atom stereocenters. The van der Waals surface area contributed by atoms with Crippen LogP contribution in [0.3, 0.4) is 0 Å². The first-order chi connectivity index (χ1) is 28.0. The topological polar surface area (TPSA) is 3.24 Å². The second-order valence-corrected chi connectivity index (χ2v) is 13.4. The molecule has 0 amide bonds. The Kier molecular flexibility index (Phi) is 6.56. The summed E-state index contributed by atoms with van der Waals surface area (Å²) in [7, 11) is 0. The summed E-state index contributed by atoms with van der Waals surface area (Å²) >= 11 is 0. The number of fused-ring (bicyclic) bond motifs is 6. The van der Waals surface area contributed by atoms with Crippen molar-refractivity contribution in [3.8, 4) is 33.4 Å². The van der Waals surface area contributed by atoms with Gasteiger partial charge in [0.2, 0.25) is 0 Å². The average Bonchev–Trinajstić information content (AvgIpc) is 3.27. The standard InChI is InChI=1S/C52H35N/c1-2-13-36(14-3-1)39-17-12-18-40(33-39)37-25-29-43(30-26-37)53(52-35-42-16-5-7-20-46(42)48-22-10-11-24-50(48)52)44-31-27-38(28-32-44)51-34-41-15-4-6-19-45(41)47-21-8-9-23-49(47)51/h1-35H/i27D,28D,31D,32D. The molecule has 10 rings (SSSR count). The van der Waals surface area contributed by atoms with Gasteiger partial charge >= 0.3 is 0 Å². The van der Waals surface area contributed by atoms with Crippen molar-refractivity contribution in [1.82, 2.24) is 0 Å². The van der Waals surface area contributed by atoms with Gasteiger partial charge in [-0.05, 0) is 114 Å². The molecule has 0 unspecified atom stereocenters. The smallest absolute Gasteiger partial charge is 0.0645 e. The lowest BCUT2D eigenvalue weighted by Crippen LogP contribution is -2.10. The Balaban J connectivity index is 1.20. The SMILES string of the molecule is [2H]c1c([2H])c(N(c2ccc(-c3cccc(-c4ccccc4)c3)cc2)c2cc3ccccc3c3ccccc23)c([2H])c([2H])c1-c1cc2ccccc2c2ccccc12. The van der Waals surface area contributed by atoms with Gasteiger partial charge in [0, 0.05) is 16.8 Å². The molecule has 0 saturated carbocycles. The van der Waals surface area contributed by atoms with E-state index in [1.165, 1.54) is 0 Å². The molecule has 1 heteroatoms. The number of rotatable bonds is 6. The third-order valence-electron chi connectivity index (χ3n) is 10.3. The summed E-state index contributed by atoms with van der Waals surface area (Å²) in [6, 6.07) is 63.3. The maximum atomic E-state index is 9.74. The summed E-state index contributed by atoms with van der Waals surface area (Å²) in [5.41, 5.74) is 7.03. The Morgan fingerprint density at radius 2 is 0.792 bits per heavy atom. The molecule has 0 fully saturated rings. The van der Waals surface area contributed by atoms with Crippen molar-refractivity contribution in [2.24, 2.45) is 0 Å². The van der Waals surface area contributed by atoms with Gasteiger partial charge in [-0.15, -0.1) is 0 Å². The fraction of sp³-hybridized carbons (Fsp3) is 0. The molecule has 0 aliphatic heterocycles. The maximum Gasteiger partial charge on any atom is 0.0645 e. The number of benzene rings is 10. The van der Waals surface area contributed by atoms with Gasteiger partial charge < -0.3 is 4.90 Å². The van der Waals surface area contributed by atoms with Crippen molar-refractivity contribution in [2.75, 3.05) is 4.90 Å². The summed E-state index contributed by atoms with van der Waals surface area (Å²) in [5, 5.41) is 8.04. The van der Waals surface area contributed by atoms with E-state index < -0.39 is 0 Å². The average molecular weight is 678 g/mol. The van der Waals surface area contributed by atoms with Crippen molar-refractivity contribution >= 4 is 60.2 Å². The molecule has 248 valence electrons. The molecule has 0 aliphatic carbocycles. The molecule has 10 aromatic rings. The van der Waals surface area contributed by atoms with Crippen molar-refractivity contribution in [3.63, 3.8) is 0 Å². The molecule has 0 spiro atoms. The Morgan fingerprint density at radius 1 is 0.302 bits per heavy atom. The van der Waals surface area contributed by atoms with Gasteiger partial charge in [-0.2, -0.15) is 0 Å². The molecule has 0 radical (unpaired) electrons. The quantitative estimate of drug-likeness (QED) is 0.158. The number of hydrogen-bond donors (Lipinski definition) is 0. The highest BCUT2D eigenvalue weighted by Gasteiger charge is 2.18. The number of anilines is 3. The monoisotopic (exact) mass is 677 g/mol. The van der Waals surface area contributed by atoms with E-state index in [1.54, 1.807) is 0 Å². The minimum absolute atomic E-state index is 0.0872. The third-order valence-corrected chi connectivity index (χ3v) is 10.3. The summed E-state index contributed by atoms with van der Waals surface area (Å²) < 4.78 is 38.7. The van der Waals surface area contributed by atoms with Gasteiger partial charge in [-0.3, -0.25) is 0 Å². The zero-order chi connectivity index (χ0) is 38.6. The van der Waals surface area contributed by atoms with Crippen LogP contribution in [0.25, 0.3) is 76.5 Å². The van der Waals surface area contributed by atoms with Crippen LogP contribution >= 0.6 is 0 Å². The maximum absolute atomic E-state index is 9.74. The van der Waals surface area contributed by atoms with Gasteiger partial charge in [-0.25, -0.2) is 0 Å². The van der Waals surface area contributed by atoms with Crippen molar-refractivity contribution < 1.29 is 5.48 Å². The first-order valence-corrected chi connectivity index (χ1v) is 17.9. The molecule has 10 aromatic carbocycles. The van der Waals surface area contributed by atoms with Crippen LogP contribution in [-0.4, -0.2) is 0 Å². The molecular weight excluding hydrogens is 639 g/mol. The van der Waals surface area contributed by atoms with Crippen LogP contribution in [0.2, 0.25) is 0 Å². The van der Waals surface area contributed by atoms with Crippen LogP contribution < -0.4 is 4.90 Å². The van der Waals surface area contributed by atoms with E-state index in [0.717, 1.165) is 76.7 Å². The van der Waals surface area contributed by atoms with Crippen LogP contribution in [0.15, 0.2) is 212 Å². The summed E-state index contributed by atoms with van der Waals surface area (Å²) in [5.74, 6) is 0. The predicted octanol–water partition coefficient (Wildman–Crippen LogP) is 14.8. The van der Waals surface area contributed by atoms with E-state index in [-0.39, 0.29) is 35.4 Å². The number of nitrogens with zero attached hydrogens (tertiary/aromatic N) is 1. The van der Waals surface area contributed by atoms with E-state index in [2.05, 4.69) is 91.0 Å². The highest BCUT2D eigenvalue weighted by atomic mass is 15.1. The minimum Gasteiger partial charge on any atom is -0.310 e. The lowest BCUT2D eigenvalue weighted by Gasteiger charge is -2.28. The summed E-state index contributed by atoms with van der Waals surface area (Å²) in [4.78, 5) is 1.92. The molecule has 0 aliphatic rings. The van der Waals surface area contributed by atoms with E-state index in [9.17, 15) is 5.48 Å². The Bertz CT molecular complexity index is 3150. The first kappa shape index (κ1) is 26.8. The van der Waals surface area contributed by atoms with Crippen LogP contribution in [0.4, 0.5) is 17.1 Å². The normalized spacial score (nSPS) is 12.5. The molecule has 1 nitrogen and oxygen atoms in total. The van der Waals surface area contributed by atoms with Crippen LogP contribution in [-0.2, 0) is 0 Å². The van der Waals surface area contributed by atoms with Crippen LogP contribution in [0, 0.1) is 0 Å².